The lowest BCUT2D eigenvalue weighted by molar-refractivity contribution is -0.139. The van der Waals surface area contributed by atoms with Crippen molar-refractivity contribution in [3.8, 4) is 17.2 Å². The smallest absolute Gasteiger partial charge is 0.338 e. The van der Waals surface area contributed by atoms with E-state index in [0.29, 0.717) is 60.1 Å². The molecule has 0 radical (unpaired) electrons. The predicted molar refractivity (Wildman–Crippen MR) is 176 cm³/mol. The summed E-state index contributed by atoms with van der Waals surface area (Å²) in [5.41, 5.74) is 2.59. The number of rotatable bonds is 10. The molecule has 0 N–H and O–H groups in total. The predicted octanol–water partition coefficient (Wildman–Crippen LogP) is 6.48. The molecule has 1 atom stereocenters. The van der Waals surface area contributed by atoms with Crippen LogP contribution in [0.1, 0.15) is 50.4 Å². The summed E-state index contributed by atoms with van der Waals surface area (Å²) in [7, 11) is 1.54. The summed E-state index contributed by atoms with van der Waals surface area (Å²) in [6.45, 7) is 7.78. The number of hydrogen-bond donors (Lipinski definition) is 0. The molecule has 2 heterocycles. The van der Waals surface area contributed by atoms with E-state index in [4.69, 9.17) is 42.1 Å². The molecule has 11 heteroatoms. The summed E-state index contributed by atoms with van der Waals surface area (Å²) in [6, 6.07) is 17.2. The normalized spacial score (nSPS) is 14.7. The Labute approximate surface area is 274 Å². The number of methoxy groups -OCH3 is 1. The maximum Gasteiger partial charge on any atom is 0.338 e. The third-order valence-corrected chi connectivity index (χ3v) is 8.42. The van der Waals surface area contributed by atoms with E-state index in [1.807, 2.05) is 32.0 Å². The topological polar surface area (TPSA) is 88.4 Å². The van der Waals surface area contributed by atoms with Crippen LogP contribution in [0, 0.1) is 0 Å². The third-order valence-electron chi connectivity index (χ3n) is 6.95. The maximum absolute atomic E-state index is 14.2. The highest BCUT2D eigenvalue weighted by Crippen LogP contribution is 2.36. The summed E-state index contributed by atoms with van der Waals surface area (Å²) in [4.78, 5) is 32.6. The van der Waals surface area contributed by atoms with Crippen molar-refractivity contribution in [2.24, 2.45) is 4.99 Å². The summed E-state index contributed by atoms with van der Waals surface area (Å²) >= 11 is 13.6. The highest BCUT2D eigenvalue weighted by molar-refractivity contribution is 7.07. The fourth-order valence-electron chi connectivity index (χ4n) is 4.96. The van der Waals surface area contributed by atoms with Crippen molar-refractivity contribution < 1.29 is 23.7 Å². The van der Waals surface area contributed by atoms with Gasteiger partial charge >= 0.3 is 5.97 Å². The van der Waals surface area contributed by atoms with Crippen molar-refractivity contribution in [3.05, 3.63) is 118 Å². The molecule has 0 bridgehead atoms. The number of esters is 1. The lowest BCUT2D eigenvalue weighted by Gasteiger charge is -2.25. The Bertz CT molecular complexity index is 1950. The minimum atomic E-state index is -0.815. The van der Waals surface area contributed by atoms with E-state index in [1.165, 1.54) is 15.9 Å². The second-order valence-corrected chi connectivity index (χ2v) is 12.4. The number of ether oxygens (including phenoxy) is 4. The van der Waals surface area contributed by atoms with Gasteiger partial charge in [0.15, 0.2) is 16.3 Å². The van der Waals surface area contributed by atoms with E-state index in [1.54, 1.807) is 69.5 Å². The SMILES string of the molecule is CCOC(=O)C1=C(C)N=c2s/c(=C/c3cc(Cl)ccc3OCc3ccc(Cl)cc3)c(=O)n2[C@@H]1c1ccc(OC(C)C)c(OC)c1. The number of aromatic nitrogens is 1. The molecule has 3 aromatic carbocycles. The molecule has 45 heavy (non-hydrogen) atoms. The summed E-state index contributed by atoms with van der Waals surface area (Å²) in [6.07, 6.45) is 1.65. The molecule has 1 aromatic heterocycles. The maximum atomic E-state index is 14.2. The Morgan fingerprint density at radius 2 is 1.73 bits per heavy atom. The zero-order valence-corrected chi connectivity index (χ0v) is 27.8. The molecule has 0 aliphatic carbocycles. The first kappa shape index (κ1) is 32.3. The molecule has 1 aliphatic rings. The summed E-state index contributed by atoms with van der Waals surface area (Å²) in [5, 5.41) is 1.13. The largest absolute Gasteiger partial charge is 0.493 e. The molecule has 0 fully saturated rings. The van der Waals surface area contributed by atoms with Crippen LogP contribution in [-0.4, -0.2) is 30.4 Å². The molecule has 0 saturated heterocycles. The van der Waals surface area contributed by atoms with Gasteiger partial charge in [0.25, 0.3) is 5.56 Å². The molecule has 8 nitrogen and oxygen atoms in total. The monoisotopic (exact) mass is 666 g/mol. The molecular formula is C34H32Cl2N2O6S. The van der Waals surface area contributed by atoms with Crippen LogP contribution < -0.4 is 29.1 Å². The van der Waals surface area contributed by atoms with E-state index < -0.39 is 12.0 Å². The van der Waals surface area contributed by atoms with Gasteiger partial charge in [0.1, 0.15) is 12.4 Å². The van der Waals surface area contributed by atoms with Crippen molar-refractivity contribution in [3.63, 3.8) is 0 Å². The molecular weight excluding hydrogens is 635 g/mol. The fourth-order valence-corrected chi connectivity index (χ4v) is 6.30. The van der Waals surface area contributed by atoms with Crippen molar-refractivity contribution in [1.29, 1.82) is 0 Å². The van der Waals surface area contributed by atoms with Crippen LogP contribution in [-0.2, 0) is 16.1 Å². The molecule has 4 aromatic rings. The first-order chi connectivity index (χ1) is 21.6. The second-order valence-electron chi connectivity index (χ2n) is 10.5. The van der Waals surface area contributed by atoms with Crippen LogP contribution in [0.2, 0.25) is 10.0 Å². The van der Waals surface area contributed by atoms with E-state index in [2.05, 4.69) is 4.99 Å². The second kappa shape index (κ2) is 13.9. The number of allylic oxidation sites excluding steroid dienone is 1. The van der Waals surface area contributed by atoms with E-state index in [-0.39, 0.29) is 23.8 Å². The number of hydrogen-bond acceptors (Lipinski definition) is 8. The minimum Gasteiger partial charge on any atom is -0.493 e. The van der Waals surface area contributed by atoms with Crippen LogP contribution in [0.4, 0.5) is 0 Å². The number of carbonyl (C=O) groups is 1. The first-order valence-corrected chi connectivity index (χ1v) is 15.9. The highest BCUT2D eigenvalue weighted by atomic mass is 35.5. The number of thiazole rings is 1. The van der Waals surface area contributed by atoms with Crippen LogP contribution >= 0.6 is 34.5 Å². The number of halogens is 2. The zero-order valence-electron chi connectivity index (χ0n) is 25.4. The lowest BCUT2D eigenvalue weighted by atomic mass is 9.95. The van der Waals surface area contributed by atoms with Crippen molar-refractivity contribution in [1.82, 2.24) is 4.57 Å². The Morgan fingerprint density at radius 3 is 2.42 bits per heavy atom. The van der Waals surface area contributed by atoms with E-state index in [9.17, 15) is 9.59 Å². The zero-order chi connectivity index (χ0) is 32.2. The van der Waals surface area contributed by atoms with Gasteiger partial charge < -0.3 is 18.9 Å². The minimum absolute atomic E-state index is 0.0776. The molecule has 0 unspecified atom stereocenters. The first-order valence-electron chi connectivity index (χ1n) is 14.3. The Morgan fingerprint density at radius 1 is 1.02 bits per heavy atom. The van der Waals surface area contributed by atoms with Gasteiger partial charge in [-0.2, -0.15) is 0 Å². The van der Waals surface area contributed by atoms with Gasteiger partial charge in [0.2, 0.25) is 0 Å². The number of benzene rings is 3. The van der Waals surface area contributed by atoms with Gasteiger partial charge in [-0.15, -0.1) is 0 Å². The van der Waals surface area contributed by atoms with Crippen LogP contribution in [0.25, 0.3) is 6.08 Å². The molecule has 5 rings (SSSR count). The van der Waals surface area contributed by atoms with Gasteiger partial charge in [0, 0.05) is 15.6 Å². The lowest BCUT2D eigenvalue weighted by Crippen LogP contribution is -2.40. The molecule has 0 saturated carbocycles. The van der Waals surface area contributed by atoms with Gasteiger partial charge in [-0.25, -0.2) is 9.79 Å². The van der Waals surface area contributed by atoms with E-state index >= 15 is 0 Å². The Balaban J connectivity index is 1.63. The molecule has 0 spiro atoms. The molecule has 1 aliphatic heterocycles. The van der Waals surface area contributed by atoms with Crippen molar-refractivity contribution >= 4 is 46.6 Å². The standard InChI is InChI=1S/C34H32Cl2N2O6S/c1-6-42-33(40)30-20(4)37-34-38(31(30)22-9-13-27(44-19(2)3)28(16-22)41-5)32(39)29(45-34)17-23-15-25(36)12-14-26(23)43-18-21-7-10-24(35)11-8-21/h7-17,19,31H,6,18H2,1-5H3/b29-17+/t31-/m1/s1. The Hall–Kier alpha value is -4.05. The van der Waals surface area contributed by atoms with Gasteiger partial charge in [-0.3, -0.25) is 9.36 Å². The number of carbonyl (C=O) groups excluding carboxylic acids is 1. The average Bonchev–Trinajstić information content (AvgIpc) is 3.30. The van der Waals surface area contributed by atoms with Crippen molar-refractivity contribution in [2.75, 3.05) is 13.7 Å². The third kappa shape index (κ3) is 7.11. The van der Waals surface area contributed by atoms with Gasteiger partial charge in [-0.1, -0.05) is 52.7 Å². The summed E-state index contributed by atoms with van der Waals surface area (Å²) < 4.78 is 25.0. The molecule has 0 amide bonds. The quantitative estimate of drug-likeness (QED) is 0.180. The average molecular weight is 668 g/mol. The van der Waals surface area contributed by atoms with Crippen LogP contribution in [0.3, 0.4) is 0 Å². The van der Waals surface area contributed by atoms with Gasteiger partial charge in [0.05, 0.1) is 41.7 Å². The Kier molecular flexibility index (Phi) is 10.0. The van der Waals surface area contributed by atoms with Gasteiger partial charge in [-0.05, 0) is 87.4 Å². The molecule has 234 valence electrons. The van der Waals surface area contributed by atoms with Crippen LogP contribution in [0.5, 0.6) is 17.2 Å². The number of nitrogens with zero attached hydrogens (tertiary/aromatic N) is 2. The van der Waals surface area contributed by atoms with Crippen molar-refractivity contribution in [2.45, 2.75) is 46.4 Å². The number of fused-ring (bicyclic) bond motifs is 1. The highest BCUT2D eigenvalue weighted by Gasteiger charge is 2.34. The van der Waals surface area contributed by atoms with Crippen LogP contribution in [0.15, 0.2) is 81.7 Å². The fraction of sp³-hybridized carbons (Fsp3) is 0.265. The summed E-state index contributed by atoms with van der Waals surface area (Å²) in [5.74, 6) is 1.02. The van der Waals surface area contributed by atoms with E-state index in [0.717, 1.165) is 5.56 Å².